The number of halogens is 3. The summed E-state index contributed by atoms with van der Waals surface area (Å²) in [5, 5.41) is 18.9. The number of carbonyl (C=O) groups excluding carboxylic acids is 1. The van der Waals surface area contributed by atoms with Gasteiger partial charge in [0.25, 0.3) is 5.91 Å². The minimum atomic E-state index is -5.08. The van der Waals surface area contributed by atoms with Gasteiger partial charge >= 0.3 is 12.1 Å². The van der Waals surface area contributed by atoms with Gasteiger partial charge in [-0.1, -0.05) is 24.3 Å². The Morgan fingerprint density at radius 3 is 1.97 bits per heavy atom. The highest BCUT2D eigenvalue weighted by atomic mass is 32.1. The van der Waals surface area contributed by atoms with Gasteiger partial charge in [-0.25, -0.2) is 4.79 Å². The normalized spacial score (nSPS) is 16.1. The Morgan fingerprint density at radius 2 is 1.48 bits per heavy atom. The Morgan fingerprint density at radius 1 is 0.939 bits per heavy atom. The highest BCUT2D eigenvalue weighted by molar-refractivity contribution is 7.12. The van der Waals surface area contributed by atoms with E-state index in [1.54, 1.807) is 0 Å². The van der Waals surface area contributed by atoms with E-state index in [1.165, 1.54) is 33.6 Å². The highest BCUT2D eigenvalue weighted by Gasteiger charge is 2.38. The van der Waals surface area contributed by atoms with Gasteiger partial charge in [0, 0.05) is 18.8 Å². The van der Waals surface area contributed by atoms with E-state index >= 15 is 0 Å². The van der Waals surface area contributed by atoms with Gasteiger partial charge in [0.2, 0.25) is 0 Å². The van der Waals surface area contributed by atoms with Gasteiger partial charge in [0.05, 0.1) is 4.88 Å². The molecule has 1 aromatic carbocycles. The van der Waals surface area contributed by atoms with E-state index in [0.717, 1.165) is 49.6 Å². The minimum absolute atomic E-state index is 0.0374. The molecule has 2 aliphatic heterocycles. The standard InChI is InChI=1S/C21H23N3OS.C2HF3O2/c25-21(20-13-18(14-26-20)17-7-11-23-12-8-17)24-19-3-1-15(2-4-19)16-5-9-22-10-6-16;3-2(4,5)1(6)7/h1-5,7,13-14,22-23H,6,8-12H2,(H,24,25);(H,6,7). The van der Waals surface area contributed by atoms with Gasteiger partial charge in [-0.05, 0) is 71.8 Å². The van der Waals surface area contributed by atoms with Crippen LogP contribution in [0.5, 0.6) is 0 Å². The number of carboxylic acid groups (broad SMARTS) is 1. The number of carboxylic acids is 1. The van der Waals surface area contributed by atoms with Gasteiger partial charge in [-0.15, -0.1) is 11.3 Å². The van der Waals surface area contributed by atoms with E-state index in [1.807, 2.05) is 18.2 Å². The number of hydrogen-bond donors (Lipinski definition) is 4. The zero-order valence-electron chi connectivity index (χ0n) is 17.7. The molecule has 0 bridgehead atoms. The first-order valence-corrected chi connectivity index (χ1v) is 11.2. The number of alkyl halides is 3. The third kappa shape index (κ3) is 7.28. The molecular formula is C23H24F3N3O3S. The monoisotopic (exact) mass is 479 g/mol. The molecule has 0 saturated heterocycles. The van der Waals surface area contributed by atoms with Crippen molar-refractivity contribution in [3.05, 3.63) is 63.9 Å². The van der Waals surface area contributed by atoms with Crippen molar-refractivity contribution in [2.45, 2.75) is 19.0 Å². The van der Waals surface area contributed by atoms with Crippen molar-refractivity contribution in [1.82, 2.24) is 10.6 Å². The minimum Gasteiger partial charge on any atom is -0.475 e. The van der Waals surface area contributed by atoms with Crippen LogP contribution in [0.25, 0.3) is 11.1 Å². The molecule has 0 atom stereocenters. The molecule has 0 saturated carbocycles. The average Bonchev–Trinajstić information content (AvgIpc) is 3.31. The van der Waals surface area contributed by atoms with E-state index in [4.69, 9.17) is 9.90 Å². The fraction of sp³-hybridized carbons (Fsp3) is 0.304. The molecule has 10 heteroatoms. The van der Waals surface area contributed by atoms with Crippen molar-refractivity contribution in [2.24, 2.45) is 0 Å². The van der Waals surface area contributed by atoms with Crippen LogP contribution in [0.15, 0.2) is 47.9 Å². The third-order valence-electron chi connectivity index (χ3n) is 5.08. The van der Waals surface area contributed by atoms with Crippen molar-refractivity contribution < 1.29 is 27.9 Å². The average molecular weight is 480 g/mol. The molecule has 1 amide bonds. The fourth-order valence-electron chi connectivity index (χ4n) is 3.35. The number of amides is 1. The fourth-order valence-corrected chi connectivity index (χ4v) is 4.18. The van der Waals surface area contributed by atoms with Crippen LogP contribution in [-0.2, 0) is 4.79 Å². The summed E-state index contributed by atoms with van der Waals surface area (Å²) in [4.78, 5) is 22.2. The topological polar surface area (TPSA) is 90.5 Å². The SMILES string of the molecule is O=C(Nc1ccc(C2=CCNCC2)cc1)c1cc(C2=CCNCC2)cs1.O=C(O)C(F)(F)F. The molecule has 0 radical (unpaired) electrons. The van der Waals surface area contributed by atoms with Gasteiger partial charge in [-0.2, -0.15) is 13.2 Å². The predicted molar refractivity (Wildman–Crippen MR) is 123 cm³/mol. The first-order valence-electron chi connectivity index (χ1n) is 10.3. The molecule has 2 aliphatic rings. The molecule has 1 aromatic heterocycles. The summed E-state index contributed by atoms with van der Waals surface area (Å²) < 4.78 is 31.7. The van der Waals surface area contributed by atoms with E-state index in [-0.39, 0.29) is 5.91 Å². The maximum atomic E-state index is 12.5. The van der Waals surface area contributed by atoms with Crippen molar-refractivity contribution in [3.8, 4) is 0 Å². The predicted octanol–water partition coefficient (Wildman–Crippen LogP) is 4.39. The lowest BCUT2D eigenvalue weighted by Crippen LogP contribution is -2.21. The molecule has 0 unspecified atom stereocenters. The quantitative estimate of drug-likeness (QED) is 0.522. The van der Waals surface area contributed by atoms with Crippen LogP contribution in [0.1, 0.15) is 33.6 Å². The summed E-state index contributed by atoms with van der Waals surface area (Å²) in [5.41, 5.74) is 5.96. The third-order valence-corrected chi connectivity index (χ3v) is 6.01. The van der Waals surface area contributed by atoms with Crippen molar-refractivity contribution in [1.29, 1.82) is 0 Å². The number of carbonyl (C=O) groups is 2. The Balaban J connectivity index is 0.000000383. The van der Waals surface area contributed by atoms with Gasteiger partial charge in [-0.3, -0.25) is 4.79 Å². The van der Waals surface area contributed by atoms with Crippen molar-refractivity contribution >= 4 is 40.0 Å². The Hall–Kier alpha value is -2.95. The molecule has 2 aromatic rings. The summed E-state index contributed by atoms with van der Waals surface area (Å²) in [6.07, 6.45) is 1.43. The first kappa shape index (κ1) is 24.7. The summed E-state index contributed by atoms with van der Waals surface area (Å²) in [6.45, 7) is 3.87. The van der Waals surface area contributed by atoms with E-state index in [2.05, 4.69) is 45.6 Å². The van der Waals surface area contributed by atoms with E-state index in [9.17, 15) is 18.0 Å². The van der Waals surface area contributed by atoms with Gasteiger partial charge < -0.3 is 21.1 Å². The molecular weight excluding hydrogens is 455 g/mol. The molecule has 176 valence electrons. The lowest BCUT2D eigenvalue weighted by Gasteiger charge is -2.14. The molecule has 4 rings (SSSR count). The Labute approximate surface area is 193 Å². The summed E-state index contributed by atoms with van der Waals surface area (Å²) >= 11 is 1.51. The molecule has 0 aliphatic carbocycles. The lowest BCUT2D eigenvalue weighted by atomic mass is 10.00. The van der Waals surface area contributed by atoms with Crippen LogP contribution < -0.4 is 16.0 Å². The first-order chi connectivity index (χ1) is 15.7. The number of thiophene rings is 1. The lowest BCUT2D eigenvalue weighted by molar-refractivity contribution is -0.192. The van der Waals surface area contributed by atoms with E-state index < -0.39 is 12.1 Å². The maximum Gasteiger partial charge on any atom is 0.490 e. The number of anilines is 1. The number of benzene rings is 1. The van der Waals surface area contributed by atoms with Crippen LogP contribution in [0.3, 0.4) is 0 Å². The molecule has 4 N–H and O–H groups in total. The zero-order chi connectivity index (χ0) is 23.8. The Bertz CT molecular complexity index is 1040. The molecule has 0 spiro atoms. The van der Waals surface area contributed by atoms with Crippen LogP contribution in [0, 0.1) is 0 Å². The second-order valence-electron chi connectivity index (χ2n) is 7.40. The molecule has 6 nitrogen and oxygen atoms in total. The second kappa shape index (κ2) is 11.3. The Kier molecular flexibility index (Phi) is 8.43. The molecule has 33 heavy (non-hydrogen) atoms. The second-order valence-corrected chi connectivity index (χ2v) is 8.31. The number of rotatable bonds is 4. The summed E-state index contributed by atoms with van der Waals surface area (Å²) in [7, 11) is 0. The molecule has 0 fully saturated rings. The summed E-state index contributed by atoms with van der Waals surface area (Å²) in [6, 6.07) is 10.2. The van der Waals surface area contributed by atoms with Gasteiger partial charge in [0.15, 0.2) is 0 Å². The zero-order valence-corrected chi connectivity index (χ0v) is 18.5. The number of hydrogen-bond acceptors (Lipinski definition) is 5. The van der Waals surface area contributed by atoms with E-state index in [0.29, 0.717) is 0 Å². The van der Waals surface area contributed by atoms with Crippen molar-refractivity contribution in [2.75, 3.05) is 31.5 Å². The smallest absolute Gasteiger partial charge is 0.475 e. The van der Waals surface area contributed by atoms with Gasteiger partial charge in [0.1, 0.15) is 0 Å². The summed E-state index contributed by atoms with van der Waals surface area (Å²) in [5.74, 6) is -2.79. The number of nitrogens with one attached hydrogen (secondary N) is 3. The molecule has 3 heterocycles. The van der Waals surface area contributed by atoms with Crippen LogP contribution in [0.2, 0.25) is 0 Å². The van der Waals surface area contributed by atoms with Crippen LogP contribution in [0.4, 0.5) is 18.9 Å². The van der Waals surface area contributed by atoms with Crippen LogP contribution in [-0.4, -0.2) is 49.3 Å². The van der Waals surface area contributed by atoms with Crippen LogP contribution >= 0.6 is 11.3 Å². The maximum absolute atomic E-state index is 12.5. The highest BCUT2D eigenvalue weighted by Crippen LogP contribution is 2.26. The van der Waals surface area contributed by atoms with Crippen molar-refractivity contribution in [3.63, 3.8) is 0 Å². The largest absolute Gasteiger partial charge is 0.490 e. The number of aliphatic carboxylic acids is 1.